The highest BCUT2D eigenvalue weighted by Crippen LogP contribution is 2.31. The number of aromatic nitrogens is 2. The van der Waals surface area contributed by atoms with Crippen molar-refractivity contribution >= 4 is 23.3 Å². The molecule has 1 N–H and O–H groups in total. The molecule has 0 bridgehead atoms. The Hall–Kier alpha value is -1.20. The zero-order valence-electron chi connectivity index (χ0n) is 9.50. The van der Waals surface area contributed by atoms with Crippen LogP contribution in [0.5, 0.6) is 0 Å². The largest absolute Gasteiger partial charge is 0.379 e. The van der Waals surface area contributed by atoms with Gasteiger partial charge in [-0.15, -0.1) is 0 Å². The van der Waals surface area contributed by atoms with Crippen molar-refractivity contribution in [3.05, 3.63) is 28.8 Å². The lowest BCUT2D eigenvalue weighted by Crippen LogP contribution is -2.30. The lowest BCUT2D eigenvalue weighted by molar-refractivity contribution is 0.162. The van der Waals surface area contributed by atoms with Gasteiger partial charge >= 0.3 is 0 Å². The number of nitrogens with zero attached hydrogens (tertiary/aromatic N) is 1. The third kappa shape index (κ3) is 1.53. The van der Waals surface area contributed by atoms with Gasteiger partial charge < -0.3 is 14.3 Å². The molecule has 3 nitrogen and oxygen atoms in total. The molecule has 3 rings (SSSR count). The first-order valence-electron chi connectivity index (χ1n) is 5.59. The Kier molecular flexibility index (Phi) is 2.34. The summed E-state index contributed by atoms with van der Waals surface area (Å²) in [5, 5.41) is 0. The smallest absolute Gasteiger partial charge is 0.178 e. The maximum Gasteiger partial charge on any atom is 0.178 e. The summed E-state index contributed by atoms with van der Waals surface area (Å²) in [4.78, 5) is 2.94. The number of para-hydroxylation sites is 1. The predicted octanol–water partition coefficient (Wildman–Crippen LogP) is 2.97. The number of aromatic amines is 1. The van der Waals surface area contributed by atoms with E-state index in [2.05, 4.69) is 11.9 Å². The molecule has 1 aliphatic rings. The lowest BCUT2D eigenvalue weighted by atomic mass is 10.0. The van der Waals surface area contributed by atoms with Crippen molar-refractivity contribution in [1.82, 2.24) is 9.55 Å². The first-order valence-corrected chi connectivity index (χ1v) is 6.00. The van der Waals surface area contributed by atoms with Crippen molar-refractivity contribution in [2.45, 2.75) is 18.9 Å². The van der Waals surface area contributed by atoms with Crippen LogP contribution in [-0.2, 0) is 10.3 Å². The van der Waals surface area contributed by atoms with Gasteiger partial charge in [0.05, 0.1) is 17.7 Å². The van der Waals surface area contributed by atoms with Crippen LogP contribution in [0, 0.1) is 10.6 Å². The van der Waals surface area contributed by atoms with Gasteiger partial charge in [-0.05, 0) is 37.7 Å². The lowest BCUT2D eigenvalue weighted by Gasteiger charge is -2.24. The Morgan fingerprint density at radius 1 is 1.53 bits per heavy atom. The van der Waals surface area contributed by atoms with Crippen LogP contribution in [0.1, 0.15) is 13.3 Å². The van der Waals surface area contributed by atoms with Crippen molar-refractivity contribution in [3.63, 3.8) is 0 Å². The third-order valence-electron chi connectivity index (χ3n) is 3.41. The Bertz CT molecular complexity index is 625. The predicted molar refractivity (Wildman–Crippen MR) is 66.2 cm³/mol. The van der Waals surface area contributed by atoms with Gasteiger partial charge in [0.2, 0.25) is 0 Å². The number of imidazole rings is 1. The summed E-state index contributed by atoms with van der Waals surface area (Å²) in [7, 11) is 0. The summed E-state index contributed by atoms with van der Waals surface area (Å²) >= 11 is 5.31. The number of rotatable bonds is 1. The third-order valence-corrected chi connectivity index (χ3v) is 3.69. The van der Waals surface area contributed by atoms with Crippen molar-refractivity contribution < 1.29 is 9.13 Å². The average Bonchev–Trinajstić information content (AvgIpc) is 2.83. The van der Waals surface area contributed by atoms with Gasteiger partial charge in [-0.2, -0.15) is 0 Å². The van der Waals surface area contributed by atoms with Gasteiger partial charge in [0.25, 0.3) is 0 Å². The second kappa shape index (κ2) is 3.65. The van der Waals surface area contributed by atoms with Gasteiger partial charge in [0.1, 0.15) is 11.3 Å². The zero-order chi connectivity index (χ0) is 12.0. The molecule has 5 heteroatoms. The van der Waals surface area contributed by atoms with E-state index in [1.807, 2.05) is 10.6 Å². The van der Waals surface area contributed by atoms with Crippen LogP contribution in [0.25, 0.3) is 11.0 Å². The highest BCUT2D eigenvalue weighted by Gasteiger charge is 2.33. The fourth-order valence-corrected chi connectivity index (χ4v) is 2.88. The van der Waals surface area contributed by atoms with Crippen LogP contribution in [0.15, 0.2) is 18.2 Å². The molecule has 0 aliphatic carbocycles. The number of benzene rings is 1. The number of fused-ring (bicyclic) bond motifs is 1. The normalized spacial score (nSPS) is 24.6. The second-order valence-corrected chi connectivity index (χ2v) is 5.09. The minimum Gasteiger partial charge on any atom is -0.379 e. The van der Waals surface area contributed by atoms with E-state index in [1.165, 1.54) is 6.07 Å². The Labute approximate surface area is 103 Å². The fourth-order valence-electron chi connectivity index (χ4n) is 2.46. The van der Waals surface area contributed by atoms with Gasteiger partial charge in [0.15, 0.2) is 4.77 Å². The number of nitrogens with one attached hydrogen (secondary N) is 1. The summed E-state index contributed by atoms with van der Waals surface area (Å²) in [6, 6.07) is 5.02. The van der Waals surface area contributed by atoms with E-state index in [0.717, 1.165) is 18.5 Å². The van der Waals surface area contributed by atoms with Gasteiger partial charge in [0, 0.05) is 6.61 Å². The first-order chi connectivity index (χ1) is 8.12. The maximum absolute atomic E-state index is 13.7. The molecule has 1 aliphatic heterocycles. The topological polar surface area (TPSA) is 29.9 Å². The van der Waals surface area contributed by atoms with Crippen LogP contribution in [0.2, 0.25) is 0 Å². The van der Waals surface area contributed by atoms with Crippen molar-refractivity contribution in [3.8, 4) is 0 Å². The van der Waals surface area contributed by atoms with E-state index < -0.39 is 0 Å². The number of halogens is 1. The fraction of sp³-hybridized carbons (Fsp3) is 0.417. The molecule has 2 aromatic rings. The first kappa shape index (κ1) is 10.9. The number of hydrogen-bond acceptors (Lipinski definition) is 2. The molecule has 17 heavy (non-hydrogen) atoms. The van der Waals surface area contributed by atoms with E-state index in [-0.39, 0.29) is 11.4 Å². The van der Waals surface area contributed by atoms with Crippen LogP contribution in [0.3, 0.4) is 0 Å². The molecular weight excluding hydrogens is 239 g/mol. The monoisotopic (exact) mass is 252 g/mol. The summed E-state index contributed by atoms with van der Waals surface area (Å²) in [6.07, 6.45) is 0.894. The van der Waals surface area contributed by atoms with E-state index in [1.54, 1.807) is 6.07 Å². The molecule has 0 saturated carbocycles. The Morgan fingerprint density at radius 3 is 3.06 bits per heavy atom. The molecule has 1 aromatic heterocycles. The Balaban J connectivity index is 2.33. The molecule has 0 radical (unpaired) electrons. The molecule has 1 fully saturated rings. The Morgan fingerprint density at radius 2 is 2.35 bits per heavy atom. The van der Waals surface area contributed by atoms with E-state index >= 15 is 0 Å². The average molecular weight is 252 g/mol. The standard InChI is InChI=1S/C12H13FN2OS/c1-12(5-6-16-7-12)15-9-4-2-3-8(13)10(9)14-11(15)17/h2-4H,5-7H2,1H3,(H,14,17). The highest BCUT2D eigenvalue weighted by molar-refractivity contribution is 7.71. The maximum atomic E-state index is 13.7. The minimum atomic E-state index is -0.269. The molecule has 1 atom stereocenters. The van der Waals surface area contributed by atoms with Gasteiger partial charge in [-0.3, -0.25) is 0 Å². The summed E-state index contributed by atoms with van der Waals surface area (Å²) in [5.74, 6) is -0.269. The van der Waals surface area contributed by atoms with Crippen molar-refractivity contribution in [2.24, 2.45) is 0 Å². The van der Waals surface area contributed by atoms with Crippen molar-refractivity contribution in [2.75, 3.05) is 13.2 Å². The van der Waals surface area contributed by atoms with Crippen LogP contribution in [0.4, 0.5) is 4.39 Å². The summed E-state index contributed by atoms with van der Waals surface area (Å²) < 4.78 is 21.6. The molecule has 2 heterocycles. The summed E-state index contributed by atoms with van der Waals surface area (Å²) in [6.45, 7) is 3.43. The van der Waals surface area contributed by atoms with Crippen LogP contribution in [-0.4, -0.2) is 22.8 Å². The zero-order valence-corrected chi connectivity index (χ0v) is 10.3. The van der Waals surface area contributed by atoms with Crippen molar-refractivity contribution in [1.29, 1.82) is 0 Å². The van der Waals surface area contributed by atoms with Crippen LogP contribution < -0.4 is 0 Å². The minimum absolute atomic E-state index is 0.177. The molecule has 90 valence electrons. The SMILES string of the molecule is CC1(n2c(=S)[nH]c3c(F)cccc32)CCOC1. The number of H-pyrrole nitrogens is 1. The quantitative estimate of drug-likeness (QED) is 0.791. The molecule has 1 aromatic carbocycles. The number of ether oxygens (including phenoxy) is 1. The van der Waals surface area contributed by atoms with E-state index in [4.69, 9.17) is 17.0 Å². The van der Waals surface area contributed by atoms with E-state index in [0.29, 0.717) is 16.9 Å². The van der Waals surface area contributed by atoms with Gasteiger partial charge in [-0.1, -0.05) is 6.07 Å². The van der Waals surface area contributed by atoms with E-state index in [9.17, 15) is 4.39 Å². The van der Waals surface area contributed by atoms with Crippen LogP contribution >= 0.6 is 12.2 Å². The van der Waals surface area contributed by atoms with Gasteiger partial charge in [-0.25, -0.2) is 4.39 Å². The highest BCUT2D eigenvalue weighted by atomic mass is 32.1. The second-order valence-electron chi connectivity index (χ2n) is 4.70. The summed E-state index contributed by atoms with van der Waals surface area (Å²) in [5.41, 5.74) is 1.11. The molecular formula is C12H13FN2OS. The molecule has 1 unspecified atom stereocenters. The molecule has 0 amide bonds. The molecule has 0 spiro atoms. The number of hydrogen-bond donors (Lipinski definition) is 1. The molecule has 1 saturated heterocycles.